The van der Waals surface area contributed by atoms with E-state index in [0.717, 1.165) is 30.9 Å². The van der Waals surface area contributed by atoms with Gasteiger partial charge in [0, 0.05) is 24.2 Å². The summed E-state index contributed by atoms with van der Waals surface area (Å²) in [6.45, 7) is 14.6. The van der Waals surface area contributed by atoms with Crippen LogP contribution in [0.25, 0.3) is 0 Å². The van der Waals surface area contributed by atoms with E-state index in [9.17, 15) is 0 Å². The third-order valence-electron chi connectivity index (χ3n) is 5.00. The van der Waals surface area contributed by atoms with Crippen molar-refractivity contribution in [1.29, 1.82) is 0 Å². The van der Waals surface area contributed by atoms with Crippen LogP contribution in [0.1, 0.15) is 59.9 Å². The van der Waals surface area contributed by atoms with Gasteiger partial charge in [0.05, 0.1) is 12.7 Å². The van der Waals surface area contributed by atoms with Crippen molar-refractivity contribution in [2.75, 3.05) is 20.3 Å². The molecule has 1 aromatic carbocycles. The molecule has 0 aliphatic carbocycles. The smallest absolute Gasteiger partial charge is 0.126 e. The van der Waals surface area contributed by atoms with Crippen molar-refractivity contribution >= 4 is 0 Å². The van der Waals surface area contributed by atoms with E-state index in [2.05, 4.69) is 53.7 Å². The van der Waals surface area contributed by atoms with Gasteiger partial charge in [-0.3, -0.25) is 0 Å². The third kappa shape index (κ3) is 5.24. The van der Waals surface area contributed by atoms with Crippen molar-refractivity contribution in [3.63, 3.8) is 0 Å². The molecule has 25 heavy (non-hydrogen) atoms. The van der Waals surface area contributed by atoms with Crippen LogP contribution in [0.4, 0.5) is 0 Å². The summed E-state index contributed by atoms with van der Waals surface area (Å²) in [5, 5.41) is 0. The van der Waals surface area contributed by atoms with Crippen molar-refractivity contribution in [3.05, 3.63) is 35.4 Å². The fraction of sp³-hybridized carbons (Fsp3) is 0.636. The summed E-state index contributed by atoms with van der Waals surface area (Å²) in [5.74, 6) is 1.82. The lowest BCUT2D eigenvalue weighted by molar-refractivity contribution is 0.0110. The summed E-state index contributed by atoms with van der Waals surface area (Å²) in [7, 11) is 1.80. The lowest BCUT2D eigenvalue weighted by atomic mass is 9.85. The number of hydrogen-bond acceptors (Lipinski definition) is 3. The molecular formula is C22H34O3. The standard InChI is InChI=1S/C22H34O3/c1-16(8-11-20(23-7)21(2,3)4)12-13-24-17-9-10-18-19(14-17)25-15-22(18,5)6/h9-10,12,14,20H,8,11,13,15H2,1-7H3. The first-order valence-corrected chi connectivity index (χ1v) is 9.22. The van der Waals surface area contributed by atoms with E-state index in [1.807, 2.05) is 12.1 Å². The van der Waals surface area contributed by atoms with E-state index >= 15 is 0 Å². The predicted molar refractivity (Wildman–Crippen MR) is 104 cm³/mol. The van der Waals surface area contributed by atoms with Crippen LogP contribution >= 0.6 is 0 Å². The Morgan fingerprint density at radius 1 is 1.32 bits per heavy atom. The molecule has 3 nitrogen and oxygen atoms in total. The molecule has 2 rings (SSSR count). The minimum absolute atomic E-state index is 0.0926. The van der Waals surface area contributed by atoms with Crippen LogP contribution in [-0.4, -0.2) is 26.4 Å². The Hall–Kier alpha value is -1.48. The molecule has 1 heterocycles. The molecule has 0 radical (unpaired) electrons. The molecule has 0 fully saturated rings. The van der Waals surface area contributed by atoms with E-state index in [-0.39, 0.29) is 16.9 Å². The molecule has 0 amide bonds. The first-order valence-electron chi connectivity index (χ1n) is 9.22. The van der Waals surface area contributed by atoms with Crippen molar-refractivity contribution in [3.8, 4) is 11.5 Å². The van der Waals surface area contributed by atoms with Gasteiger partial charge in [0.25, 0.3) is 0 Å². The van der Waals surface area contributed by atoms with Gasteiger partial charge in [0.2, 0.25) is 0 Å². The zero-order valence-corrected chi connectivity index (χ0v) is 16.9. The van der Waals surface area contributed by atoms with Crippen LogP contribution in [0.15, 0.2) is 29.8 Å². The Morgan fingerprint density at radius 2 is 2.04 bits per heavy atom. The summed E-state index contributed by atoms with van der Waals surface area (Å²) in [6.07, 6.45) is 4.49. The molecule has 1 aliphatic rings. The highest BCUT2D eigenvalue weighted by atomic mass is 16.5. The van der Waals surface area contributed by atoms with E-state index in [4.69, 9.17) is 14.2 Å². The largest absolute Gasteiger partial charge is 0.492 e. The van der Waals surface area contributed by atoms with Gasteiger partial charge >= 0.3 is 0 Å². The molecular weight excluding hydrogens is 312 g/mol. The average Bonchev–Trinajstić information content (AvgIpc) is 2.81. The molecule has 1 unspecified atom stereocenters. The monoisotopic (exact) mass is 346 g/mol. The van der Waals surface area contributed by atoms with E-state index in [0.29, 0.717) is 6.61 Å². The first-order chi connectivity index (χ1) is 11.6. The SMILES string of the molecule is COC(CCC(C)=CCOc1ccc2c(c1)OCC2(C)C)C(C)(C)C. The van der Waals surface area contributed by atoms with E-state index in [1.165, 1.54) is 11.1 Å². The maximum atomic E-state index is 5.88. The van der Waals surface area contributed by atoms with Crippen LogP contribution in [0.2, 0.25) is 0 Å². The first kappa shape index (κ1) is 19.8. The van der Waals surface area contributed by atoms with Crippen molar-refractivity contribution in [2.24, 2.45) is 5.41 Å². The second-order valence-electron chi connectivity index (χ2n) is 8.82. The molecule has 0 spiro atoms. The molecule has 0 saturated heterocycles. The zero-order chi connectivity index (χ0) is 18.7. The fourth-order valence-electron chi connectivity index (χ4n) is 3.25. The minimum atomic E-state index is 0.0926. The topological polar surface area (TPSA) is 27.7 Å². The number of ether oxygens (including phenoxy) is 3. The zero-order valence-electron chi connectivity index (χ0n) is 16.9. The Balaban J connectivity index is 1.85. The van der Waals surface area contributed by atoms with Gasteiger partial charge in [-0.25, -0.2) is 0 Å². The van der Waals surface area contributed by atoms with Crippen LogP contribution in [0.5, 0.6) is 11.5 Å². The minimum Gasteiger partial charge on any atom is -0.492 e. The maximum Gasteiger partial charge on any atom is 0.126 e. The molecule has 0 saturated carbocycles. The fourth-order valence-corrected chi connectivity index (χ4v) is 3.25. The molecule has 0 bridgehead atoms. The highest BCUT2D eigenvalue weighted by Gasteiger charge is 2.31. The highest BCUT2D eigenvalue weighted by Crippen LogP contribution is 2.40. The Kier molecular flexibility index (Phi) is 6.21. The summed E-state index contributed by atoms with van der Waals surface area (Å²) in [6, 6.07) is 6.17. The maximum absolute atomic E-state index is 5.88. The molecule has 1 aromatic rings. The van der Waals surface area contributed by atoms with E-state index in [1.54, 1.807) is 7.11 Å². The van der Waals surface area contributed by atoms with Gasteiger partial charge in [-0.2, -0.15) is 0 Å². The van der Waals surface area contributed by atoms with Gasteiger partial charge < -0.3 is 14.2 Å². The predicted octanol–water partition coefficient (Wildman–Crippen LogP) is 5.52. The lowest BCUT2D eigenvalue weighted by Gasteiger charge is -2.29. The molecule has 140 valence electrons. The summed E-state index contributed by atoms with van der Waals surface area (Å²) in [5.41, 5.74) is 2.86. The summed E-state index contributed by atoms with van der Waals surface area (Å²) < 4.78 is 17.3. The Morgan fingerprint density at radius 3 is 2.68 bits per heavy atom. The number of benzene rings is 1. The van der Waals surface area contributed by atoms with Crippen molar-refractivity contribution in [1.82, 2.24) is 0 Å². The number of methoxy groups -OCH3 is 1. The van der Waals surface area contributed by atoms with Crippen molar-refractivity contribution < 1.29 is 14.2 Å². The van der Waals surface area contributed by atoms with Gasteiger partial charge in [-0.15, -0.1) is 0 Å². The number of fused-ring (bicyclic) bond motifs is 1. The van der Waals surface area contributed by atoms with Gasteiger partial charge in [0.1, 0.15) is 18.1 Å². The van der Waals surface area contributed by atoms with Gasteiger partial charge in [-0.05, 0) is 37.3 Å². The number of rotatable bonds is 7. The number of hydrogen-bond donors (Lipinski definition) is 0. The Bertz CT molecular complexity index is 608. The molecule has 3 heteroatoms. The second kappa shape index (κ2) is 7.82. The van der Waals surface area contributed by atoms with Crippen LogP contribution in [0, 0.1) is 5.41 Å². The summed E-state index contributed by atoms with van der Waals surface area (Å²) >= 11 is 0. The molecule has 0 aromatic heterocycles. The summed E-state index contributed by atoms with van der Waals surface area (Å²) in [4.78, 5) is 0. The van der Waals surface area contributed by atoms with E-state index < -0.39 is 0 Å². The van der Waals surface area contributed by atoms with Crippen LogP contribution < -0.4 is 9.47 Å². The third-order valence-corrected chi connectivity index (χ3v) is 5.00. The van der Waals surface area contributed by atoms with Crippen LogP contribution in [0.3, 0.4) is 0 Å². The van der Waals surface area contributed by atoms with Gasteiger partial charge in [-0.1, -0.05) is 46.3 Å². The van der Waals surface area contributed by atoms with Crippen molar-refractivity contribution in [2.45, 2.75) is 65.9 Å². The van der Waals surface area contributed by atoms with Crippen LogP contribution in [-0.2, 0) is 10.2 Å². The second-order valence-corrected chi connectivity index (χ2v) is 8.82. The molecule has 1 aliphatic heterocycles. The van der Waals surface area contributed by atoms with Gasteiger partial charge in [0.15, 0.2) is 0 Å². The molecule has 1 atom stereocenters. The average molecular weight is 347 g/mol. The highest BCUT2D eigenvalue weighted by molar-refractivity contribution is 5.47. The number of allylic oxidation sites excluding steroid dienone is 1. The normalized spacial score (nSPS) is 17.8. The quantitative estimate of drug-likeness (QED) is 0.608. The lowest BCUT2D eigenvalue weighted by Crippen LogP contribution is -2.28. The molecule has 0 N–H and O–H groups in total. The Labute approximate surface area is 153 Å².